The Bertz CT molecular complexity index is 621. The van der Waals surface area contributed by atoms with E-state index in [2.05, 4.69) is 11.9 Å². The van der Waals surface area contributed by atoms with Crippen molar-refractivity contribution < 1.29 is 14.6 Å². The largest absolute Gasteiger partial charge is 0.497 e. The number of hydrogen-bond donors (Lipinski definition) is 2. The molecule has 2 N–H and O–H groups in total. The number of carbonyl (C=O) groups is 1. The van der Waals surface area contributed by atoms with Crippen molar-refractivity contribution in [3.63, 3.8) is 0 Å². The molecule has 0 aliphatic rings. The van der Waals surface area contributed by atoms with Crippen LogP contribution in [0, 0.1) is 0 Å². The summed E-state index contributed by atoms with van der Waals surface area (Å²) in [7, 11) is 1.63. The fourth-order valence-electron chi connectivity index (χ4n) is 2.54. The Balaban J connectivity index is 2.15. The van der Waals surface area contributed by atoms with Crippen LogP contribution in [-0.2, 0) is 11.2 Å². The number of fused-ring (bicyclic) bond motifs is 1. The summed E-state index contributed by atoms with van der Waals surface area (Å²) < 4.78 is 5.25. The molecule has 2 aromatic rings. The highest BCUT2D eigenvalue weighted by Crippen LogP contribution is 2.24. The smallest absolute Gasteiger partial charge is 0.227 e. The number of aliphatic hydroxyl groups excluding tert-OH is 1. The van der Waals surface area contributed by atoms with Gasteiger partial charge in [0.15, 0.2) is 0 Å². The number of aliphatic hydroxyl groups is 1. The summed E-state index contributed by atoms with van der Waals surface area (Å²) in [6.07, 6.45) is 4.18. The quantitative estimate of drug-likeness (QED) is 0.786. The molecule has 5 nitrogen and oxygen atoms in total. The summed E-state index contributed by atoms with van der Waals surface area (Å²) in [5.41, 5.74) is 1.95. The monoisotopic (exact) mass is 304 g/mol. The van der Waals surface area contributed by atoms with Crippen LogP contribution in [0.3, 0.4) is 0 Å². The maximum Gasteiger partial charge on any atom is 0.227 e. The van der Waals surface area contributed by atoms with Crippen LogP contribution in [0.1, 0.15) is 25.3 Å². The van der Waals surface area contributed by atoms with Gasteiger partial charge in [-0.05, 0) is 30.2 Å². The molecule has 0 saturated heterocycles. The van der Waals surface area contributed by atoms with E-state index in [4.69, 9.17) is 9.84 Å². The van der Waals surface area contributed by atoms with Gasteiger partial charge in [-0.1, -0.05) is 13.3 Å². The van der Waals surface area contributed by atoms with Gasteiger partial charge in [-0.25, -0.2) is 0 Å². The molecule has 0 aliphatic heterocycles. The van der Waals surface area contributed by atoms with Crippen LogP contribution in [0.4, 0.5) is 0 Å². The molecule has 0 spiro atoms. The molecule has 1 aromatic carbocycles. The predicted octanol–water partition coefficient (Wildman–Crippen LogP) is 2.34. The Kier molecular flexibility index (Phi) is 5.83. The van der Waals surface area contributed by atoms with Crippen molar-refractivity contribution in [1.29, 1.82) is 0 Å². The summed E-state index contributed by atoms with van der Waals surface area (Å²) >= 11 is 0. The molecule has 1 heterocycles. The van der Waals surface area contributed by atoms with Crippen molar-refractivity contribution in [2.45, 2.75) is 26.2 Å². The summed E-state index contributed by atoms with van der Waals surface area (Å²) in [6.45, 7) is 3.18. The normalized spacial score (nSPS) is 10.9. The molecule has 0 atom stereocenters. The summed E-state index contributed by atoms with van der Waals surface area (Å²) in [5, 5.41) is 10.1. The van der Waals surface area contributed by atoms with E-state index >= 15 is 0 Å². The zero-order chi connectivity index (χ0) is 15.9. The minimum absolute atomic E-state index is 0.00282. The fourth-order valence-corrected chi connectivity index (χ4v) is 2.54. The summed E-state index contributed by atoms with van der Waals surface area (Å²) in [5.74, 6) is 0.824. The van der Waals surface area contributed by atoms with Gasteiger partial charge in [0, 0.05) is 30.2 Å². The van der Waals surface area contributed by atoms with Gasteiger partial charge in [0.05, 0.1) is 20.1 Å². The van der Waals surface area contributed by atoms with Crippen LogP contribution in [0.15, 0.2) is 24.4 Å². The first kappa shape index (κ1) is 16.4. The van der Waals surface area contributed by atoms with E-state index < -0.39 is 0 Å². The number of rotatable bonds is 8. The summed E-state index contributed by atoms with van der Waals surface area (Å²) in [6, 6.07) is 5.78. The van der Waals surface area contributed by atoms with Crippen LogP contribution in [0.2, 0.25) is 0 Å². The molecular formula is C17H24N2O3. The standard InChI is InChI=1S/C17H24N2O3/c1-3-4-7-19(8-9-20)17(21)10-13-12-18-16-6-5-14(22-2)11-15(13)16/h5-6,11-12,18,20H,3-4,7-10H2,1-2H3. The third-order valence-electron chi connectivity index (χ3n) is 3.82. The number of nitrogens with one attached hydrogen (secondary N) is 1. The first-order chi connectivity index (χ1) is 10.7. The second-order valence-corrected chi connectivity index (χ2v) is 5.36. The minimum atomic E-state index is -0.00282. The number of nitrogens with zero attached hydrogens (tertiary/aromatic N) is 1. The molecule has 0 saturated carbocycles. The van der Waals surface area contributed by atoms with Crippen molar-refractivity contribution >= 4 is 16.8 Å². The van der Waals surface area contributed by atoms with Crippen LogP contribution in [0.5, 0.6) is 5.75 Å². The van der Waals surface area contributed by atoms with Crippen molar-refractivity contribution in [1.82, 2.24) is 9.88 Å². The molecule has 22 heavy (non-hydrogen) atoms. The third kappa shape index (κ3) is 3.80. The molecule has 5 heteroatoms. The zero-order valence-corrected chi connectivity index (χ0v) is 13.3. The second-order valence-electron chi connectivity index (χ2n) is 5.36. The maximum atomic E-state index is 12.5. The van der Waals surface area contributed by atoms with E-state index in [0.29, 0.717) is 19.5 Å². The molecular weight excluding hydrogens is 280 g/mol. The Morgan fingerprint density at radius 2 is 2.18 bits per heavy atom. The van der Waals surface area contributed by atoms with Gasteiger partial charge < -0.3 is 19.7 Å². The molecule has 1 amide bonds. The van der Waals surface area contributed by atoms with E-state index in [-0.39, 0.29) is 12.5 Å². The lowest BCUT2D eigenvalue weighted by Gasteiger charge is -2.21. The number of unbranched alkanes of at least 4 members (excludes halogenated alkanes) is 1. The Morgan fingerprint density at radius 3 is 2.86 bits per heavy atom. The van der Waals surface area contributed by atoms with Crippen molar-refractivity contribution in [2.24, 2.45) is 0 Å². The van der Waals surface area contributed by atoms with Crippen molar-refractivity contribution in [3.05, 3.63) is 30.0 Å². The molecule has 120 valence electrons. The highest BCUT2D eigenvalue weighted by Gasteiger charge is 2.15. The number of aromatic nitrogens is 1. The lowest BCUT2D eigenvalue weighted by atomic mass is 10.1. The van der Waals surface area contributed by atoms with Gasteiger partial charge >= 0.3 is 0 Å². The summed E-state index contributed by atoms with van der Waals surface area (Å²) in [4.78, 5) is 17.4. The first-order valence-electron chi connectivity index (χ1n) is 7.72. The minimum Gasteiger partial charge on any atom is -0.497 e. The van der Waals surface area contributed by atoms with Gasteiger partial charge in [0.1, 0.15) is 5.75 Å². The van der Waals surface area contributed by atoms with Crippen LogP contribution < -0.4 is 4.74 Å². The number of carbonyl (C=O) groups excluding carboxylic acids is 1. The van der Waals surface area contributed by atoms with E-state index in [1.165, 1.54) is 0 Å². The van der Waals surface area contributed by atoms with Gasteiger partial charge in [0.2, 0.25) is 5.91 Å². The average Bonchev–Trinajstić information content (AvgIpc) is 2.93. The lowest BCUT2D eigenvalue weighted by molar-refractivity contribution is -0.131. The average molecular weight is 304 g/mol. The van der Waals surface area contributed by atoms with Crippen molar-refractivity contribution in [3.8, 4) is 5.75 Å². The molecule has 0 unspecified atom stereocenters. The number of aromatic amines is 1. The molecule has 0 fully saturated rings. The SMILES string of the molecule is CCCCN(CCO)C(=O)Cc1c[nH]c2ccc(OC)cc12. The van der Waals surface area contributed by atoms with Crippen LogP contribution in [0.25, 0.3) is 10.9 Å². The Hall–Kier alpha value is -2.01. The van der Waals surface area contributed by atoms with E-state index in [0.717, 1.165) is 35.1 Å². The topological polar surface area (TPSA) is 65.6 Å². The van der Waals surface area contributed by atoms with Crippen LogP contribution >= 0.6 is 0 Å². The number of amides is 1. The first-order valence-corrected chi connectivity index (χ1v) is 7.72. The highest BCUT2D eigenvalue weighted by atomic mass is 16.5. The zero-order valence-electron chi connectivity index (χ0n) is 13.3. The number of H-pyrrole nitrogens is 1. The Morgan fingerprint density at radius 1 is 1.36 bits per heavy atom. The van der Waals surface area contributed by atoms with Gasteiger partial charge in [-0.2, -0.15) is 0 Å². The third-order valence-corrected chi connectivity index (χ3v) is 3.82. The fraction of sp³-hybridized carbons (Fsp3) is 0.471. The number of hydrogen-bond acceptors (Lipinski definition) is 3. The van der Waals surface area contributed by atoms with Crippen LogP contribution in [-0.4, -0.2) is 47.7 Å². The predicted molar refractivity (Wildman–Crippen MR) is 87.1 cm³/mol. The number of ether oxygens (including phenoxy) is 1. The molecule has 0 radical (unpaired) electrons. The highest BCUT2D eigenvalue weighted by molar-refractivity contribution is 5.89. The number of benzene rings is 1. The van der Waals surface area contributed by atoms with E-state index in [1.54, 1.807) is 12.0 Å². The molecule has 2 rings (SSSR count). The Labute approximate surface area is 130 Å². The lowest BCUT2D eigenvalue weighted by Crippen LogP contribution is -2.35. The molecule has 0 bridgehead atoms. The van der Waals surface area contributed by atoms with Gasteiger partial charge in [-0.15, -0.1) is 0 Å². The maximum absolute atomic E-state index is 12.5. The number of methoxy groups -OCH3 is 1. The van der Waals surface area contributed by atoms with Crippen molar-refractivity contribution in [2.75, 3.05) is 26.8 Å². The van der Waals surface area contributed by atoms with Gasteiger partial charge in [0.25, 0.3) is 0 Å². The second kappa shape index (κ2) is 7.84. The molecule has 1 aromatic heterocycles. The molecule has 0 aliphatic carbocycles. The van der Waals surface area contributed by atoms with E-state index in [1.807, 2.05) is 24.4 Å². The van der Waals surface area contributed by atoms with E-state index in [9.17, 15) is 4.79 Å². The van der Waals surface area contributed by atoms with Gasteiger partial charge in [-0.3, -0.25) is 4.79 Å².